The summed E-state index contributed by atoms with van der Waals surface area (Å²) in [4.78, 5) is 8.57. The molecule has 1 heterocycles. The highest BCUT2D eigenvalue weighted by Crippen LogP contribution is 2.24. The molecule has 0 aliphatic heterocycles. The van der Waals surface area contributed by atoms with E-state index in [0.717, 1.165) is 23.9 Å². The highest BCUT2D eigenvalue weighted by atomic mass is 32.2. The van der Waals surface area contributed by atoms with Crippen LogP contribution in [0.2, 0.25) is 0 Å². The molecule has 0 aliphatic rings. The van der Waals surface area contributed by atoms with E-state index in [2.05, 4.69) is 54.3 Å². The Hall–Kier alpha value is -1.39. The van der Waals surface area contributed by atoms with Crippen molar-refractivity contribution < 1.29 is 0 Å². The number of nitrogens with one attached hydrogen (secondary N) is 1. The Morgan fingerprint density at radius 3 is 2.38 bits per heavy atom. The summed E-state index contributed by atoms with van der Waals surface area (Å²) in [5.41, 5.74) is 3.98. The summed E-state index contributed by atoms with van der Waals surface area (Å²) >= 11 is 1.70. The molecule has 1 unspecified atom stereocenters. The molecule has 21 heavy (non-hydrogen) atoms. The lowest BCUT2D eigenvalue weighted by Crippen LogP contribution is -2.24. The third-order valence-corrected chi connectivity index (χ3v) is 4.18. The minimum atomic E-state index is 0.331. The number of aryl methyl sites for hydroxylation is 2. The molecule has 2 aromatic rings. The number of rotatable bonds is 7. The van der Waals surface area contributed by atoms with E-state index in [9.17, 15) is 0 Å². The Kier molecular flexibility index (Phi) is 6.21. The first-order chi connectivity index (χ1) is 10.2. The van der Waals surface area contributed by atoms with Crippen LogP contribution in [0.4, 0.5) is 0 Å². The van der Waals surface area contributed by atoms with E-state index in [-0.39, 0.29) is 0 Å². The van der Waals surface area contributed by atoms with Crippen LogP contribution >= 0.6 is 11.8 Å². The Balaban J connectivity index is 2.10. The zero-order valence-corrected chi connectivity index (χ0v) is 13.8. The molecule has 1 atom stereocenters. The van der Waals surface area contributed by atoms with Crippen LogP contribution in [0.15, 0.2) is 41.8 Å². The van der Waals surface area contributed by atoms with Crippen LogP contribution in [0.5, 0.6) is 0 Å². The lowest BCUT2D eigenvalue weighted by atomic mass is 10.0. The highest BCUT2D eigenvalue weighted by Gasteiger charge is 2.13. The first kappa shape index (κ1) is 16.0. The van der Waals surface area contributed by atoms with Crippen molar-refractivity contribution in [2.75, 3.05) is 12.3 Å². The quantitative estimate of drug-likeness (QED) is 0.621. The van der Waals surface area contributed by atoms with E-state index in [1.165, 1.54) is 16.7 Å². The minimum absolute atomic E-state index is 0.331. The van der Waals surface area contributed by atoms with E-state index < -0.39 is 0 Å². The molecular weight excluding hydrogens is 278 g/mol. The van der Waals surface area contributed by atoms with Crippen LogP contribution in [-0.2, 0) is 0 Å². The average molecular weight is 301 g/mol. The van der Waals surface area contributed by atoms with E-state index >= 15 is 0 Å². The van der Waals surface area contributed by atoms with Crippen LogP contribution < -0.4 is 5.32 Å². The molecule has 112 valence electrons. The SMILES string of the molecule is CCCNC(CSc1ncccn1)c1cc(C)cc(C)c1. The van der Waals surface area contributed by atoms with Crippen LogP contribution in [0.25, 0.3) is 0 Å². The van der Waals surface area contributed by atoms with Gasteiger partial charge in [-0.05, 0) is 38.4 Å². The van der Waals surface area contributed by atoms with Gasteiger partial charge in [-0.1, -0.05) is 48.0 Å². The molecule has 0 bridgehead atoms. The van der Waals surface area contributed by atoms with Crippen LogP contribution in [-0.4, -0.2) is 22.3 Å². The monoisotopic (exact) mass is 301 g/mol. The molecule has 0 fully saturated rings. The molecule has 2 rings (SSSR count). The predicted molar refractivity (Wildman–Crippen MR) is 89.7 cm³/mol. The number of benzene rings is 1. The normalized spacial score (nSPS) is 12.3. The van der Waals surface area contributed by atoms with Gasteiger partial charge in [0.1, 0.15) is 0 Å². The fourth-order valence-corrected chi connectivity index (χ4v) is 3.22. The van der Waals surface area contributed by atoms with Crippen molar-refractivity contribution in [1.82, 2.24) is 15.3 Å². The van der Waals surface area contributed by atoms with Crippen molar-refractivity contribution in [3.05, 3.63) is 53.3 Å². The summed E-state index contributed by atoms with van der Waals surface area (Å²) in [6.45, 7) is 7.52. The highest BCUT2D eigenvalue weighted by molar-refractivity contribution is 7.99. The van der Waals surface area contributed by atoms with Gasteiger partial charge in [0.2, 0.25) is 0 Å². The summed E-state index contributed by atoms with van der Waals surface area (Å²) in [7, 11) is 0. The molecular formula is C17H23N3S. The van der Waals surface area contributed by atoms with Crippen LogP contribution in [0.3, 0.4) is 0 Å². The topological polar surface area (TPSA) is 37.8 Å². The van der Waals surface area contributed by atoms with Crippen LogP contribution in [0, 0.1) is 13.8 Å². The maximum atomic E-state index is 4.28. The summed E-state index contributed by atoms with van der Waals surface area (Å²) in [5.74, 6) is 0.937. The van der Waals surface area contributed by atoms with Gasteiger partial charge in [0.25, 0.3) is 0 Å². The Bertz CT molecular complexity index is 537. The molecule has 1 aromatic carbocycles. The first-order valence-corrected chi connectivity index (χ1v) is 8.39. The molecule has 1 aromatic heterocycles. The molecule has 0 radical (unpaired) electrons. The van der Waals surface area contributed by atoms with Gasteiger partial charge in [-0.25, -0.2) is 9.97 Å². The molecule has 0 saturated heterocycles. The molecule has 0 aliphatic carbocycles. The second kappa shape index (κ2) is 8.15. The van der Waals surface area contributed by atoms with Gasteiger partial charge >= 0.3 is 0 Å². The number of aromatic nitrogens is 2. The number of thioether (sulfide) groups is 1. The Morgan fingerprint density at radius 2 is 1.76 bits per heavy atom. The van der Waals surface area contributed by atoms with Gasteiger partial charge < -0.3 is 5.32 Å². The summed E-state index contributed by atoms with van der Waals surface area (Å²) in [6.07, 6.45) is 4.72. The minimum Gasteiger partial charge on any atom is -0.309 e. The van der Waals surface area contributed by atoms with Crippen LogP contribution in [0.1, 0.15) is 36.1 Å². The van der Waals surface area contributed by atoms with Gasteiger partial charge in [-0.3, -0.25) is 0 Å². The molecule has 4 heteroatoms. The van der Waals surface area contributed by atoms with E-state index in [1.54, 1.807) is 24.2 Å². The number of nitrogens with zero attached hydrogens (tertiary/aromatic N) is 2. The van der Waals surface area contributed by atoms with Crippen molar-refractivity contribution in [2.45, 2.75) is 38.4 Å². The van der Waals surface area contributed by atoms with Gasteiger partial charge in [-0.15, -0.1) is 0 Å². The maximum absolute atomic E-state index is 4.28. The fraction of sp³-hybridized carbons (Fsp3) is 0.412. The van der Waals surface area contributed by atoms with Crippen molar-refractivity contribution in [3.63, 3.8) is 0 Å². The van der Waals surface area contributed by atoms with E-state index in [1.807, 2.05) is 6.07 Å². The fourth-order valence-electron chi connectivity index (χ4n) is 2.32. The van der Waals surface area contributed by atoms with Crippen molar-refractivity contribution in [1.29, 1.82) is 0 Å². The third-order valence-electron chi connectivity index (χ3n) is 3.21. The zero-order chi connectivity index (χ0) is 15.1. The van der Waals surface area contributed by atoms with E-state index in [4.69, 9.17) is 0 Å². The predicted octanol–water partition coefficient (Wildman–Crippen LogP) is 3.93. The average Bonchev–Trinajstić information content (AvgIpc) is 2.47. The van der Waals surface area contributed by atoms with Gasteiger partial charge in [0.15, 0.2) is 5.16 Å². The lowest BCUT2D eigenvalue weighted by Gasteiger charge is -2.19. The van der Waals surface area contributed by atoms with Crippen molar-refractivity contribution >= 4 is 11.8 Å². The standard InChI is InChI=1S/C17H23N3S/c1-4-6-18-16(12-21-17-19-7-5-8-20-17)15-10-13(2)9-14(3)11-15/h5,7-11,16,18H,4,6,12H2,1-3H3. The van der Waals surface area contributed by atoms with Gasteiger partial charge in [0, 0.05) is 24.2 Å². The maximum Gasteiger partial charge on any atom is 0.187 e. The second-order valence-electron chi connectivity index (χ2n) is 5.27. The molecule has 0 amide bonds. The number of hydrogen-bond donors (Lipinski definition) is 1. The van der Waals surface area contributed by atoms with Gasteiger partial charge in [-0.2, -0.15) is 0 Å². The summed E-state index contributed by atoms with van der Waals surface area (Å²) in [5, 5.41) is 4.47. The van der Waals surface area contributed by atoms with E-state index in [0.29, 0.717) is 6.04 Å². The molecule has 3 nitrogen and oxygen atoms in total. The van der Waals surface area contributed by atoms with Gasteiger partial charge in [0.05, 0.1) is 0 Å². The smallest absolute Gasteiger partial charge is 0.187 e. The summed E-state index contributed by atoms with van der Waals surface area (Å²) in [6, 6.07) is 8.94. The number of hydrogen-bond acceptors (Lipinski definition) is 4. The largest absolute Gasteiger partial charge is 0.309 e. The Labute approximate surface area is 131 Å². The molecule has 0 saturated carbocycles. The first-order valence-electron chi connectivity index (χ1n) is 7.40. The Morgan fingerprint density at radius 1 is 1.10 bits per heavy atom. The molecule has 1 N–H and O–H groups in total. The zero-order valence-electron chi connectivity index (χ0n) is 13.0. The lowest BCUT2D eigenvalue weighted by molar-refractivity contribution is 0.576. The second-order valence-corrected chi connectivity index (χ2v) is 6.26. The third kappa shape index (κ3) is 5.14. The molecule has 0 spiro atoms. The van der Waals surface area contributed by atoms with Crippen molar-refractivity contribution in [2.24, 2.45) is 0 Å². The van der Waals surface area contributed by atoms with Crippen molar-refractivity contribution in [3.8, 4) is 0 Å². The summed E-state index contributed by atoms with van der Waals surface area (Å²) < 4.78 is 0.